The molecule has 0 atom stereocenters. The van der Waals surface area contributed by atoms with Crippen molar-refractivity contribution < 1.29 is 15.0 Å². The van der Waals surface area contributed by atoms with Crippen molar-refractivity contribution in [2.24, 2.45) is 0 Å². The predicted molar refractivity (Wildman–Crippen MR) is 38.4 cm³/mol. The van der Waals surface area contributed by atoms with Crippen LogP contribution in [0.3, 0.4) is 0 Å². The Labute approximate surface area is 60.7 Å². The van der Waals surface area contributed by atoms with Crippen LogP contribution in [0.15, 0.2) is 0 Å². The van der Waals surface area contributed by atoms with Crippen molar-refractivity contribution >= 4 is 6.16 Å². The largest absolute Gasteiger partial charge is 0.503 e. The van der Waals surface area contributed by atoms with Crippen LogP contribution in [0.5, 0.6) is 0 Å². The summed E-state index contributed by atoms with van der Waals surface area (Å²) in [5.74, 6) is 0. The van der Waals surface area contributed by atoms with E-state index in [0.29, 0.717) is 0 Å². The molecule has 0 aromatic heterocycles. The van der Waals surface area contributed by atoms with Gasteiger partial charge in [-0.1, -0.05) is 38.5 Å². The Morgan fingerprint density at radius 3 is 1.00 bits per heavy atom. The lowest BCUT2D eigenvalue weighted by Gasteiger charge is -2.05. The molecule has 2 N–H and O–H groups in total. The third-order valence-corrected chi connectivity index (χ3v) is 1.50. The van der Waals surface area contributed by atoms with Gasteiger partial charge in [0, 0.05) is 0 Å². The van der Waals surface area contributed by atoms with E-state index in [4.69, 9.17) is 15.0 Å². The van der Waals surface area contributed by atoms with Crippen LogP contribution in [0.1, 0.15) is 38.5 Å². The fourth-order valence-corrected chi connectivity index (χ4v) is 1.06. The van der Waals surface area contributed by atoms with Crippen molar-refractivity contribution in [3.05, 3.63) is 0 Å². The molecule has 0 amide bonds. The minimum Gasteiger partial charge on any atom is -0.450 e. The lowest BCUT2D eigenvalue weighted by atomic mass is 10.0. The first-order valence-corrected chi connectivity index (χ1v) is 3.65. The van der Waals surface area contributed by atoms with E-state index >= 15 is 0 Å². The zero-order valence-corrected chi connectivity index (χ0v) is 6.05. The minimum absolute atomic E-state index is 1.50. The first kappa shape index (κ1) is 9.27. The van der Waals surface area contributed by atoms with E-state index in [-0.39, 0.29) is 0 Å². The molecule has 1 saturated carbocycles. The molecule has 0 unspecified atom stereocenters. The van der Waals surface area contributed by atoms with Gasteiger partial charge < -0.3 is 10.2 Å². The molecule has 1 aliphatic rings. The summed E-state index contributed by atoms with van der Waals surface area (Å²) in [6.45, 7) is 0. The van der Waals surface area contributed by atoms with Crippen molar-refractivity contribution in [1.82, 2.24) is 0 Å². The third-order valence-electron chi connectivity index (χ3n) is 1.50. The molecule has 0 radical (unpaired) electrons. The van der Waals surface area contributed by atoms with Crippen molar-refractivity contribution in [3.63, 3.8) is 0 Å². The number of hydrogen-bond acceptors (Lipinski definition) is 1. The lowest BCUT2D eigenvalue weighted by molar-refractivity contribution is 0.137. The van der Waals surface area contributed by atoms with Gasteiger partial charge in [0.1, 0.15) is 0 Å². The first-order valence-electron chi connectivity index (χ1n) is 3.65. The lowest BCUT2D eigenvalue weighted by Crippen LogP contribution is -1.85. The molecule has 0 heterocycles. The molecular formula is C7H14O3. The Bertz CT molecular complexity index is 71.3. The molecule has 0 bridgehead atoms. The average Bonchev–Trinajstić information content (AvgIpc) is 1.90. The molecule has 0 spiro atoms. The number of rotatable bonds is 0. The first-order chi connectivity index (χ1) is 4.73. The molecule has 0 aliphatic heterocycles. The molecule has 60 valence electrons. The highest BCUT2D eigenvalue weighted by Gasteiger charge is 1.95. The summed E-state index contributed by atoms with van der Waals surface area (Å²) >= 11 is 0. The van der Waals surface area contributed by atoms with Gasteiger partial charge in [-0.05, 0) is 0 Å². The Hall–Kier alpha value is -0.730. The van der Waals surface area contributed by atoms with E-state index in [1.807, 2.05) is 0 Å². The Balaban J connectivity index is 0.000000180. The van der Waals surface area contributed by atoms with E-state index < -0.39 is 6.16 Å². The van der Waals surface area contributed by atoms with Crippen LogP contribution >= 0.6 is 0 Å². The van der Waals surface area contributed by atoms with E-state index in [0.717, 1.165) is 0 Å². The summed E-state index contributed by atoms with van der Waals surface area (Å²) in [7, 11) is 0. The van der Waals surface area contributed by atoms with Gasteiger partial charge >= 0.3 is 6.16 Å². The average molecular weight is 146 g/mol. The highest BCUT2D eigenvalue weighted by molar-refractivity contribution is 5.53. The molecule has 1 aliphatic carbocycles. The second-order valence-corrected chi connectivity index (χ2v) is 2.40. The topological polar surface area (TPSA) is 57.5 Å². The van der Waals surface area contributed by atoms with Crippen molar-refractivity contribution in [2.45, 2.75) is 38.5 Å². The van der Waals surface area contributed by atoms with E-state index in [2.05, 4.69) is 0 Å². The van der Waals surface area contributed by atoms with Crippen LogP contribution in [-0.4, -0.2) is 16.4 Å². The van der Waals surface area contributed by atoms with Gasteiger partial charge in [0.05, 0.1) is 0 Å². The SMILES string of the molecule is C1CCCCC1.O=C(O)O. The van der Waals surface area contributed by atoms with Gasteiger partial charge in [0.2, 0.25) is 0 Å². The number of carboxylic acid groups (broad SMARTS) is 2. The summed E-state index contributed by atoms with van der Waals surface area (Å²) in [5, 5.41) is 13.9. The molecule has 3 heteroatoms. The number of carbonyl (C=O) groups is 1. The zero-order valence-electron chi connectivity index (χ0n) is 6.05. The Morgan fingerprint density at radius 2 is 0.900 bits per heavy atom. The van der Waals surface area contributed by atoms with E-state index in [1.54, 1.807) is 0 Å². The summed E-state index contributed by atoms with van der Waals surface area (Å²) in [6, 6.07) is 0. The summed E-state index contributed by atoms with van der Waals surface area (Å²) in [5.41, 5.74) is 0. The van der Waals surface area contributed by atoms with Crippen molar-refractivity contribution in [2.75, 3.05) is 0 Å². The van der Waals surface area contributed by atoms with Gasteiger partial charge in [-0.15, -0.1) is 0 Å². The van der Waals surface area contributed by atoms with Crippen LogP contribution in [-0.2, 0) is 0 Å². The van der Waals surface area contributed by atoms with Crippen molar-refractivity contribution in [3.8, 4) is 0 Å². The van der Waals surface area contributed by atoms with Gasteiger partial charge in [-0.25, -0.2) is 4.79 Å². The second kappa shape index (κ2) is 6.39. The molecule has 0 saturated heterocycles. The summed E-state index contributed by atoms with van der Waals surface area (Å²) in [4.78, 5) is 8.56. The molecule has 10 heavy (non-hydrogen) atoms. The van der Waals surface area contributed by atoms with Crippen molar-refractivity contribution in [1.29, 1.82) is 0 Å². The second-order valence-electron chi connectivity index (χ2n) is 2.40. The normalized spacial score (nSPS) is 16.8. The van der Waals surface area contributed by atoms with Crippen LogP contribution in [0.2, 0.25) is 0 Å². The predicted octanol–water partition coefficient (Wildman–Crippen LogP) is 2.56. The molecule has 0 aromatic rings. The fraction of sp³-hybridized carbons (Fsp3) is 0.857. The van der Waals surface area contributed by atoms with Crippen LogP contribution in [0.4, 0.5) is 4.79 Å². The fourth-order valence-electron chi connectivity index (χ4n) is 1.06. The molecular weight excluding hydrogens is 132 g/mol. The Morgan fingerprint density at radius 1 is 0.800 bits per heavy atom. The summed E-state index contributed by atoms with van der Waals surface area (Å²) < 4.78 is 0. The maximum Gasteiger partial charge on any atom is 0.503 e. The van der Waals surface area contributed by atoms with E-state index in [1.165, 1.54) is 38.5 Å². The maximum absolute atomic E-state index is 8.56. The standard InChI is InChI=1S/C6H12.CH2O3/c1-2-4-6-5-3-1;2-1(3)4/h1-6H2;(H2,2,3,4). The zero-order chi connectivity index (χ0) is 7.82. The highest BCUT2D eigenvalue weighted by atomic mass is 16.6. The monoisotopic (exact) mass is 146 g/mol. The number of hydrogen-bond donors (Lipinski definition) is 2. The molecule has 0 aromatic carbocycles. The summed E-state index contributed by atoms with van der Waals surface area (Å²) in [6.07, 6.45) is 7.17. The molecule has 1 rings (SSSR count). The quantitative estimate of drug-likeness (QED) is 0.552. The van der Waals surface area contributed by atoms with Gasteiger partial charge in [-0.2, -0.15) is 0 Å². The van der Waals surface area contributed by atoms with E-state index in [9.17, 15) is 0 Å². The minimum atomic E-state index is -1.83. The molecule has 3 nitrogen and oxygen atoms in total. The Kier molecular flexibility index (Phi) is 5.92. The van der Waals surface area contributed by atoms with Gasteiger partial charge in [-0.3, -0.25) is 0 Å². The van der Waals surface area contributed by atoms with Gasteiger partial charge in [0.25, 0.3) is 0 Å². The van der Waals surface area contributed by atoms with Gasteiger partial charge in [0.15, 0.2) is 0 Å². The van der Waals surface area contributed by atoms with Crippen LogP contribution in [0.25, 0.3) is 0 Å². The smallest absolute Gasteiger partial charge is 0.450 e. The third kappa shape index (κ3) is 10.3. The molecule has 1 fully saturated rings. The maximum atomic E-state index is 8.56. The van der Waals surface area contributed by atoms with Crippen LogP contribution in [0, 0.1) is 0 Å². The van der Waals surface area contributed by atoms with Crippen LogP contribution < -0.4 is 0 Å². The highest BCUT2D eigenvalue weighted by Crippen LogP contribution is 2.15.